The molecule has 1 fully saturated rings. The van der Waals surface area contributed by atoms with E-state index in [1.165, 1.54) is 19.3 Å². The highest BCUT2D eigenvalue weighted by molar-refractivity contribution is 5.93. The zero-order valence-electron chi connectivity index (χ0n) is 16.6. The summed E-state index contributed by atoms with van der Waals surface area (Å²) in [5.74, 6) is 0. The monoisotopic (exact) mass is 354 g/mol. The lowest BCUT2D eigenvalue weighted by atomic mass is 10.0. The van der Waals surface area contributed by atoms with Crippen LogP contribution in [0.2, 0.25) is 0 Å². The largest absolute Gasteiger partial charge is 0.444 e. The van der Waals surface area contributed by atoms with Gasteiger partial charge in [-0.05, 0) is 47.5 Å². The standard InChI is InChI=1S/C19H34N2O4/c1-7-8-9-10-11-14-12-15(20-25-14)16-13-23-19(5,6)21(16)17(22)24-18(2,3)4/h14,16H,7-13H2,1-6H3/t14-,16+/m1/s1. The van der Waals surface area contributed by atoms with Gasteiger partial charge in [-0.3, -0.25) is 4.90 Å². The number of carbonyl (C=O) groups excluding carboxylic acids is 1. The van der Waals surface area contributed by atoms with Gasteiger partial charge < -0.3 is 14.3 Å². The van der Waals surface area contributed by atoms with Gasteiger partial charge in [0.1, 0.15) is 23.5 Å². The molecule has 6 nitrogen and oxygen atoms in total. The topological polar surface area (TPSA) is 60.4 Å². The van der Waals surface area contributed by atoms with Crippen LogP contribution in [-0.4, -0.2) is 46.8 Å². The van der Waals surface area contributed by atoms with Gasteiger partial charge in [0.05, 0.1) is 12.3 Å². The van der Waals surface area contributed by atoms with Crippen molar-refractivity contribution in [2.24, 2.45) is 5.16 Å². The van der Waals surface area contributed by atoms with Gasteiger partial charge in [-0.15, -0.1) is 0 Å². The smallest absolute Gasteiger partial charge is 0.413 e. The van der Waals surface area contributed by atoms with E-state index < -0.39 is 11.3 Å². The molecule has 2 heterocycles. The SMILES string of the molecule is CCCCCC[C@@H]1CC([C@@H]2COC(C)(C)N2C(=O)OC(C)(C)C)=NO1. The van der Waals surface area contributed by atoms with Crippen LogP contribution >= 0.6 is 0 Å². The van der Waals surface area contributed by atoms with Crippen molar-refractivity contribution in [3.05, 3.63) is 0 Å². The van der Waals surface area contributed by atoms with Gasteiger partial charge in [0.15, 0.2) is 0 Å². The predicted molar refractivity (Wildman–Crippen MR) is 97.6 cm³/mol. The fraction of sp³-hybridized carbons (Fsp3) is 0.895. The molecule has 25 heavy (non-hydrogen) atoms. The van der Waals surface area contributed by atoms with Crippen molar-refractivity contribution in [2.75, 3.05) is 6.61 Å². The molecule has 0 bridgehead atoms. The molecule has 0 N–H and O–H groups in total. The maximum Gasteiger partial charge on any atom is 0.413 e. The van der Waals surface area contributed by atoms with E-state index in [2.05, 4.69) is 12.1 Å². The summed E-state index contributed by atoms with van der Waals surface area (Å²) in [5, 5.41) is 4.28. The van der Waals surface area contributed by atoms with Crippen LogP contribution in [0.3, 0.4) is 0 Å². The Morgan fingerprint density at radius 2 is 2.04 bits per heavy atom. The number of hydrogen-bond acceptors (Lipinski definition) is 5. The number of unbranched alkanes of at least 4 members (excludes halogenated alkanes) is 3. The number of ether oxygens (including phenoxy) is 2. The van der Waals surface area contributed by atoms with Crippen molar-refractivity contribution in [1.29, 1.82) is 0 Å². The van der Waals surface area contributed by atoms with E-state index in [0.717, 1.165) is 25.0 Å². The van der Waals surface area contributed by atoms with Crippen molar-refractivity contribution < 1.29 is 19.1 Å². The van der Waals surface area contributed by atoms with E-state index in [1.54, 1.807) is 4.90 Å². The Labute approximate surface area is 151 Å². The van der Waals surface area contributed by atoms with Crippen molar-refractivity contribution in [3.8, 4) is 0 Å². The first-order valence-electron chi connectivity index (χ1n) is 9.53. The molecule has 2 rings (SSSR count). The second kappa shape index (κ2) is 7.94. The number of carbonyl (C=O) groups is 1. The Kier molecular flexibility index (Phi) is 6.35. The van der Waals surface area contributed by atoms with Gasteiger partial charge in [0, 0.05) is 6.42 Å². The lowest BCUT2D eigenvalue weighted by Crippen LogP contribution is -2.52. The predicted octanol–water partition coefficient (Wildman–Crippen LogP) is 4.47. The molecule has 1 amide bonds. The summed E-state index contributed by atoms with van der Waals surface area (Å²) >= 11 is 0. The zero-order valence-corrected chi connectivity index (χ0v) is 16.6. The van der Waals surface area contributed by atoms with E-state index in [1.807, 2.05) is 34.6 Å². The number of hydrogen-bond donors (Lipinski definition) is 0. The van der Waals surface area contributed by atoms with Gasteiger partial charge in [-0.1, -0.05) is 31.3 Å². The van der Waals surface area contributed by atoms with E-state index in [4.69, 9.17) is 14.3 Å². The van der Waals surface area contributed by atoms with Crippen molar-refractivity contribution in [3.63, 3.8) is 0 Å². The minimum Gasteiger partial charge on any atom is -0.444 e. The first kappa shape index (κ1) is 20.0. The number of rotatable bonds is 6. The van der Waals surface area contributed by atoms with Gasteiger partial charge in [-0.25, -0.2) is 4.79 Å². The van der Waals surface area contributed by atoms with E-state index in [-0.39, 0.29) is 18.2 Å². The van der Waals surface area contributed by atoms with Gasteiger partial charge >= 0.3 is 6.09 Å². The van der Waals surface area contributed by atoms with E-state index in [0.29, 0.717) is 6.61 Å². The number of oxime groups is 1. The molecule has 0 saturated carbocycles. The van der Waals surface area contributed by atoms with Crippen LogP contribution in [0.1, 0.15) is 80.1 Å². The second-order valence-corrected chi connectivity index (χ2v) is 8.49. The summed E-state index contributed by atoms with van der Waals surface area (Å²) in [4.78, 5) is 20.0. The highest BCUT2D eigenvalue weighted by atomic mass is 16.6. The molecular weight excluding hydrogens is 320 g/mol. The summed E-state index contributed by atoms with van der Waals surface area (Å²) in [7, 11) is 0. The molecule has 2 aliphatic rings. The Morgan fingerprint density at radius 1 is 1.32 bits per heavy atom. The van der Waals surface area contributed by atoms with Crippen molar-refractivity contribution >= 4 is 11.8 Å². The zero-order chi connectivity index (χ0) is 18.7. The second-order valence-electron chi connectivity index (χ2n) is 8.49. The molecule has 2 atom stereocenters. The third-order valence-electron chi connectivity index (χ3n) is 4.60. The molecule has 0 radical (unpaired) electrons. The van der Waals surface area contributed by atoms with E-state index in [9.17, 15) is 4.79 Å². The number of amides is 1. The van der Waals surface area contributed by atoms with Crippen molar-refractivity contribution in [1.82, 2.24) is 4.90 Å². The molecule has 1 saturated heterocycles. The molecular formula is C19H34N2O4. The summed E-state index contributed by atoms with van der Waals surface area (Å²) in [6.45, 7) is 12.0. The number of nitrogens with zero attached hydrogens (tertiary/aromatic N) is 2. The van der Waals surface area contributed by atoms with Gasteiger partial charge in [-0.2, -0.15) is 0 Å². The molecule has 0 aromatic rings. The van der Waals surface area contributed by atoms with Crippen LogP contribution in [0, 0.1) is 0 Å². The summed E-state index contributed by atoms with van der Waals surface area (Å²) in [6, 6.07) is -0.217. The maximum atomic E-state index is 12.7. The summed E-state index contributed by atoms with van der Waals surface area (Å²) in [6.07, 6.45) is 6.40. The Morgan fingerprint density at radius 3 is 2.68 bits per heavy atom. The average Bonchev–Trinajstić information content (AvgIpc) is 3.05. The van der Waals surface area contributed by atoms with Crippen LogP contribution in [0.4, 0.5) is 4.79 Å². The van der Waals surface area contributed by atoms with Gasteiger partial charge in [0.2, 0.25) is 0 Å². The Balaban J connectivity index is 1.97. The lowest BCUT2D eigenvalue weighted by molar-refractivity contribution is -0.0605. The van der Waals surface area contributed by atoms with E-state index >= 15 is 0 Å². The quantitative estimate of drug-likeness (QED) is 0.660. The normalized spacial score (nSPS) is 25.7. The molecule has 0 aliphatic carbocycles. The minimum absolute atomic E-state index is 0.121. The highest BCUT2D eigenvalue weighted by Crippen LogP contribution is 2.33. The molecule has 0 unspecified atom stereocenters. The fourth-order valence-electron chi connectivity index (χ4n) is 3.31. The first-order valence-corrected chi connectivity index (χ1v) is 9.53. The van der Waals surface area contributed by atoms with Crippen LogP contribution in [0.15, 0.2) is 5.16 Å². The highest BCUT2D eigenvalue weighted by Gasteiger charge is 2.49. The minimum atomic E-state index is -0.714. The maximum absolute atomic E-state index is 12.7. The van der Waals surface area contributed by atoms with Crippen LogP contribution in [-0.2, 0) is 14.3 Å². The van der Waals surface area contributed by atoms with Crippen LogP contribution in [0.25, 0.3) is 0 Å². The average molecular weight is 354 g/mol. The molecule has 0 aromatic heterocycles. The first-order chi connectivity index (χ1) is 11.6. The molecule has 2 aliphatic heterocycles. The fourth-order valence-corrected chi connectivity index (χ4v) is 3.31. The van der Waals surface area contributed by atoms with Crippen molar-refractivity contribution in [2.45, 2.75) is 104 Å². The lowest BCUT2D eigenvalue weighted by Gasteiger charge is -2.34. The Hall–Kier alpha value is -1.30. The molecule has 6 heteroatoms. The summed E-state index contributed by atoms with van der Waals surface area (Å²) < 4.78 is 11.4. The summed E-state index contributed by atoms with van der Waals surface area (Å²) in [5.41, 5.74) is -0.373. The molecule has 0 spiro atoms. The van der Waals surface area contributed by atoms with Gasteiger partial charge in [0.25, 0.3) is 0 Å². The molecule has 0 aromatic carbocycles. The third kappa shape index (κ3) is 5.33. The molecule has 144 valence electrons. The van der Waals surface area contributed by atoms with Crippen LogP contribution < -0.4 is 0 Å². The van der Waals surface area contributed by atoms with Crippen LogP contribution in [0.5, 0.6) is 0 Å². The third-order valence-corrected chi connectivity index (χ3v) is 4.60. The Bertz CT molecular complexity index is 496.